The van der Waals surface area contributed by atoms with Gasteiger partial charge in [0.1, 0.15) is 0 Å². The van der Waals surface area contributed by atoms with Crippen LogP contribution >= 0.6 is 0 Å². The van der Waals surface area contributed by atoms with Crippen LogP contribution < -0.4 is 0 Å². The van der Waals surface area contributed by atoms with Crippen molar-refractivity contribution in [2.45, 2.75) is 64.1 Å². The van der Waals surface area contributed by atoms with Gasteiger partial charge in [-0.05, 0) is 44.9 Å². The van der Waals surface area contributed by atoms with E-state index in [0.29, 0.717) is 12.3 Å². The molecule has 2 bridgehead atoms. The highest BCUT2D eigenvalue weighted by molar-refractivity contribution is 5.79. The molecule has 3 saturated heterocycles. The molecule has 0 aromatic carbocycles. The molecule has 20 heavy (non-hydrogen) atoms. The molecule has 0 spiro atoms. The average Bonchev–Trinajstić information content (AvgIpc) is 2.95. The van der Waals surface area contributed by atoms with Gasteiger partial charge in [-0.15, -0.1) is 0 Å². The molecule has 5 unspecified atom stereocenters. The molecule has 5 atom stereocenters. The van der Waals surface area contributed by atoms with Gasteiger partial charge in [0.25, 0.3) is 0 Å². The van der Waals surface area contributed by atoms with E-state index in [1.165, 1.54) is 0 Å². The van der Waals surface area contributed by atoms with Gasteiger partial charge in [0.2, 0.25) is 0 Å². The summed E-state index contributed by atoms with van der Waals surface area (Å²) in [5.74, 6) is -0.414. The van der Waals surface area contributed by atoms with Crippen LogP contribution in [0.25, 0.3) is 0 Å². The van der Waals surface area contributed by atoms with Crippen LogP contribution in [0, 0.1) is 11.8 Å². The maximum Gasteiger partial charge on any atom is 0.320 e. The topological polar surface area (TPSA) is 60.9 Å². The summed E-state index contributed by atoms with van der Waals surface area (Å²) >= 11 is 0. The number of carboxylic acids is 1. The minimum absolute atomic E-state index is 0.0726. The van der Waals surface area contributed by atoms with Crippen molar-refractivity contribution in [2.24, 2.45) is 11.8 Å². The molecule has 1 N–H and O–H groups in total. The molecule has 3 aliphatic rings. The number of hydrogen-bond acceptors (Lipinski definition) is 2. The van der Waals surface area contributed by atoms with Gasteiger partial charge in [-0.2, -0.15) is 0 Å². The number of fused-ring (bicyclic) bond motifs is 2. The lowest BCUT2D eigenvalue weighted by Gasteiger charge is -2.40. The van der Waals surface area contributed by atoms with Crippen LogP contribution in [0.4, 0.5) is 4.79 Å². The normalized spacial score (nSPS) is 40.2. The molecular formula is C15H24N2O3. The van der Waals surface area contributed by atoms with Crippen molar-refractivity contribution in [2.75, 3.05) is 6.54 Å². The summed E-state index contributed by atoms with van der Waals surface area (Å²) in [6.45, 7) is 5.16. The van der Waals surface area contributed by atoms with Gasteiger partial charge < -0.3 is 14.9 Å². The van der Waals surface area contributed by atoms with Crippen LogP contribution in [0.1, 0.15) is 46.0 Å². The summed E-state index contributed by atoms with van der Waals surface area (Å²) in [6, 6.07) is 0.437. The van der Waals surface area contributed by atoms with Crippen molar-refractivity contribution < 1.29 is 14.7 Å². The van der Waals surface area contributed by atoms with Gasteiger partial charge in [-0.1, -0.05) is 6.92 Å². The maximum atomic E-state index is 12.8. The molecule has 0 radical (unpaired) electrons. The first kappa shape index (κ1) is 13.7. The Morgan fingerprint density at radius 2 is 1.85 bits per heavy atom. The molecule has 3 heterocycles. The Balaban J connectivity index is 1.73. The van der Waals surface area contributed by atoms with Gasteiger partial charge in [-0.3, -0.25) is 4.79 Å². The van der Waals surface area contributed by atoms with Crippen molar-refractivity contribution in [1.82, 2.24) is 9.80 Å². The minimum atomic E-state index is -0.740. The van der Waals surface area contributed by atoms with Crippen LogP contribution in [0.2, 0.25) is 0 Å². The third-order valence-corrected chi connectivity index (χ3v) is 5.46. The fraction of sp³-hybridized carbons (Fsp3) is 0.867. The van der Waals surface area contributed by atoms with E-state index in [4.69, 9.17) is 0 Å². The Hall–Kier alpha value is -1.26. The quantitative estimate of drug-likeness (QED) is 0.800. The Bertz CT molecular complexity index is 425. The lowest BCUT2D eigenvalue weighted by atomic mass is 9.89. The average molecular weight is 280 g/mol. The van der Waals surface area contributed by atoms with Gasteiger partial charge in [-0.25, -0.2) is 4.79 Å². The zero-order valence-corrected chi connectivity index (χ0v) is 12.3. The van der Waals surface area contributed by atoms with Crippen molar-refractivity contribution in [1.29, 1.82) is 0 Å². The number of amides is 2. The van der Waals surface area contributed by atoms with Crippen molar-refractivity contribution in [3.8, 4) is 0 Å². The third-order valence-electron chi connectivity index (χ3n) is 5.46. The summed E-state index contributed by atoms with van der Waals surface area (Å²) in [5, 5.41) is 9.28. The number of hydrogen-bond donors (Lipinski definition) is 1. The number of likely N-dealkylation sites (tertiary alicyclic amines) is 1. The Morgan fingerprint density at radius 3 is 2.45 bits per heavy atom. The van der Waals surface area contributed by atoms with E-state index in [2.05, 4.69) is 13.8 Å². The number of carbonyl (C=O) groups excluding carboxylic acids is 1. The summed E-state index contributed by atoms with van der Waals surface area (Å²) < 4.78 is 0. The second kappa shape index (κ2) is 4.93. The minimum Gasteiger partial charge on any atom is -0.481 e. The van der Waals surface area contributed by atoms with E-state index in [1.807, 2.05) is 9.80 Å². The predicted molar refractivity (Wildman–Crippen MR) is 74.4 cm³/mol. The third kappa shape index (κ3) is 2.07. The number of nitrogens with zero attached hydrogens (tertiary/aromatic N) is 2. The summed E-state index contributed by atoms with van der Waals surface area (Å²) in [5.41, 5.74) is 0. The van der Waals surface area contributed by atoms with Crippen molar-refractivity contribution >= 4 is 12.0 Å². The molecule has 5 heteroatoms. The zero-order valence-electron chi connectivity index (χ0n) is 12.3. The molecule has 0 aliphatic carbocycles. The highest BCUT2D eigenvalue weighted by Crippen LogP contribution is 2.43. The molecule has 0 aromatic heterocycles. The fourth-order valence-electron chi connectivity index (χ4n) is 4.39. The first-order chi connectivity index (χ1) is 9.49. The standard InChI is InChI=1S/C15H24N2O3/c1-9-5-6-16(10(2)7-9)15(20)17-11-3-4-13(17)12(8-11)14(18)19/h9-13H,3-8H2,1-2H3,(H,18,19). The van der Waals surface area contributed by atoms with Gasteiger partial charge >= 0.3 is 12.0 Å². The number of carboxylic acid groups (broad SMARTS) is 1. The maximum absolute atomic E-state index is 12.8. The van der Waals surface area contributed by atoms with E-state index >= 15 is 0 Å². The number of carbonyl (C=O) groups is 2. The summed E-state index contributed by atoms with van der Waals surface area (Å²) in [6.07, 6.45) is 4.58. The molecule has 112 valence electrons. The Labute approximate surface area is 119 Å². The van der Waals surface area contributed by atoms with Crippen LogP contribution in [-0.4, -0.2) is 51.6 Å². The zero-order chi connectivity index (χ0) is 14.4. The number of piperidine rings is 1. The molecule has 3 rings (SSSR count). The lowest BCUT2D eigenvalue weighted by Crippen LogP contribution is -2.52. The largest absolute Gasteiger partial charge is 0.481 e. The summed E-state index contributed by atoms with van der Waals surface area (Å²) in [4.78, 5) is 28.0. The Morgan fingerprint density at radius 1 is 1.10 bits per heavy atom. The Kier molecular flexibility index (Phi) is 3.38. The smallest absolute Gasteiger partial charge is 0.320 e. The van der Waals surface area contributed by atoms with E-state index in [-0.39, 0.29) is 30.1 Å². The first-order valence-electron chi connectivity index (χ1n) is 7.80. The second-order valence-electron chi connectivity index (χ2n) is 6.84. The van der Waals surface area contributed by atoms with Crippen LogP contribution in [0.3, 0.4) is 0 Å². The fourth-order valence-corrected chi connectivity index (χ4v) is 4.39. The van der Waals surface area contributed by atoms with Gasteiger partial charge in [0.05, 0.1) is 5.92 Å². The molecule has 0 saturated carbocycles. The van der Waals surface area contributed by atoms with Crippen LogP contribution in [0.15, 0.2) is 0 Å². The lowest BCUT2D eigenvalue weighted by molar-refractivity contribution is -0.142. The molecular weight excluding hydrogens is 256 g/mol. The highest BCUT2D eigenvalue weighted by atomic mass is 16.4. The molecule has 3 aliphatic heterocycles. The second-order valence-corrected chi connectivity index (χ2v) is 6.84. The number of aliphatic carboxylic acids is 1. The van der Waals surface area contributed by atoms with E-state index in [1.54, 1.807) is 0 Å². The highest BCUT2D eigenvalue weighted by Gasteiger charge is 2.52. The molecule has 2 amide bonds. The summed E-state index contributed by atoms with van der Waals surface area (Å²) in [7, 11) is 0. The monoisotopic (exact) mass is 280 g/mol. The number of urea groups is 1. The van der Waals surface area contributed by atoms with Crippen LogP contribution in [0.5, 0.6) is 0 Å². The van der Waals surface area contributed by atoms with Crippen LogP contribution in [-0.2, 0) is 4.79 Å². The predicted octanol–water partition coefficient (Wildman–Crippen LogP) is 2.16. The molecule has 0 aromatic rings. The number of rotatable bonds is 1. The van der Waals surface area contributed by atoms with Gasteiger partial charge in [0.15, 0.2) is 0 Å². The first-order valence-corrected chi connectivity index (χ1v) is 7.80. The van der Waals surface area contributed by atoms with Crippen molar-refractivity contribution in [3.05, 3.63) is 0 Å². The molecule has 3 fully saturated rings. The van der Waals surface area contributed by atoms with Gasteiger partial charge in [0, 0.05) is 24.7 Å². The SMILES string of the molecule is CC1CCN(C(=O)N2C3CCC2C(C(=O)O)C3)C(C)C1. The van der Waals surface area contributed by atoms with E-state index in [0.717, 1.165) is 32.2 Å². The van der Waals surface area contributed by atoms with E-state index < -0.39 is 5.97 Å². The van der Waals surface area contributed by atoms with Crippen molar-refractivity contribution in [3.63, 3.8) is 0 Å². The molecule has 5 nitrogen and oxygen atoms in total. The van der Waals surface area contributed by atoms with E-state index in [9.17, 15) is 14.7 Å².